The fraction of sp³-hybridized carbons (Fsp3) is 0.900. The summed E-state index contributed by atoms with van der Waals surface area (Å²) < 4.78 is 0. The summed E-state index contributed by atoms with van der Waals surface area (Å²) in [7, 11) is 0. The number of amides is 1. The van der Waals surface area contributed by atoms with Crippen molar-refractivity contribution in [3.63, 3.8) is 0 Å². The molecule has 1 amide bonds. The first-order valence-electron chi connectivity index (χ1n) is 4.94. The van der Waals surface area contributed by atoms with Gasteiger partial charge in [0.1, 0.15) is 0 Å². The van der Waals surface area contributed by atoms with Crippen molar-refractivity contribution in [2.45, 2.75) is 33.7 Å². The maximum atomic E-state index is 11.3. The van der Waals surface area contributed by atoms with Crippen LogP contribution in [0.1, 0.15) is 27.7 Å². The highest BCUT2D eigenvalue weighted by molar-refractivity contribution is 5.77. The summed E-state index contributed by atoms with van der Waals surface area (Å²) in [5, 5.41) is 6.25. The van der Waals surface area contributed by atoms with Crippen molar-refractivity contribution in [2.75, 3.05) is 13.1 Å². The topological polar surface area (TPSA) is 41.1 Å². The Labute approximate surface area is 80.3 Å². The monoisotopic (exact) mass is 184 g/mol. The molecule has 1 fully saturated rings. The van der Waals surface area contributed by atoms with Crippen molar-refractivity contribution in [2.24, 2.45) is 11.3 Å². The molecule has 1 rings (SSSR count). The molecule has 0 radical (unpaired) electrons. The molecule has 3 nitrogen and oxygen atoms in total. The van der Waals surface area contributed by atoms with Crippen LogP contribution < -0.4 is 10.6 Å². The Kier molecular flexibility index (Phi) is 2.96. The summed E-state index contributed by atoms with van der Waals surface area (Å²) >= 11 is 0. The lowest BCUT2D eigenvalue weighted by molar-refractivity contribution is -0.124. The Morgan fingerprint density at radius 1 is 1.62 bits per heavy atom. The maximum Gasteiger partial charge on any atom is 0.222 e. The fourth-order valence-corrected chi connectivity index (χ4v) is 1.41. The van der Waals surface area contributed by atoms with Crippen LogP contribution in [0.15, 0.2) is 0 Å². The molecule has 0 aromatic heterocycles. The van der Waals surface area contributed by atoms with Gasteiger partial charge >= 0.3 is 0 Å². The van der Waals surface area contributed by atoms with Gasteiger partial charge in [0.2, 0.25) is 5.91 Å². The van der Waals surface area contributed by atoms with Gasteiger partial charge in [-0.05, 0) is 5.41 Å². The molecule has 0 saturated carbocycles. The summed E-state index contributed by atoms with van der Waals surface area (Å²) in [5.74, 6) is 0.229. The van der Waals surface area contributed by atoms with Gasteiger partial charge < -0.3 is 10.6 Å². The molecule has 1 heterocycles. The van der Waals surface area contributed by atoms with E-state index >= 15 is 0 Å². The number of rotatable bonds is 3. The average Bonchev–Trinajstić information content (AvgIpc) is 2.02. The summed E-state index contributed by atoms with van der Waals surface area (Å²) in [5.41, 5.74) is 0.338. The van der Waals surface area contributed by atoms with E-state index in [0.29, 0.717) is 11.5 Å². The van der Waals surface area contributed by atoms with Crippen LogP contribution in [0.4, 0.5) is 0 Å². The van der Waals surface area contributed by atoms with E-state index in [1.807, 2.05) is 13.8 Å². The summed E-state index contributed by atoms with van der Waals surface area (Å²) in [4.78, 5) is 11.3. The van der Waals surface area contributed by atoms with Gasteiger partial charge in [0.15, 0.2) is 0 Å². The maximum absolute atomic E-state index is 11.3. The first-order chi connectivity index (χ1) is 5.93. The minimum absolute atomic E-state index is 0.0863. The Hall–Kier alpha value is -0.570. The van der Waals surface area contributed by atoms with Crippen molar-refractivity contribution in [1.82, 2.24) is 10.6 Å². The third kappa shape index (κ3) is 2.44. The zero-order valence-corrected chi connectivity index (χ0v) is 8.98. The molecule has 1 aliphatic rings. The molecule has 0 aromatic carbocycles. The van der Waals surface area contributed by atoms with Crippen molar-refractivity contribution in [1.29, 1.82) is 0 Å². The van der Waals surface area contributed by atoms with Crippen molar-refractivity contribution < 1.29 is 4.79 Å². The van der Waals surface area contributed by atoms with E-state index in [0.717, 1.165) is 13.1 Å². The lowest BCUT2D eigenvalue weighted by Gasteiger charge is -2.45. The second-order valence-corrected chi connectivity index (χ2v) is 4.82. The van der Waals surface area contributed by atoms with Gasteiger partial charge in [-0.1, -0.05) is 27.7 Å². The standard InChI is InChI=1S/C10H20N2O/c1-7(2)9(13)11-5-8-10(3,4)6-12-8/h7-8,12H,5-6H2,1-4H3,(H,11,13). The largest absolute Gasteiger partial charge is 0.354 e. The highest BCUT2D eigenvalue weighted by Gasteiger charge is 2.37. The molecule has 0 aliphatic carbocycles. The molecular formula is C10H20N2O. The SMILES string of the molecule is CC(C)C(=O)NCC1NCC1(C)C. The van der Waals surface area contributed by atoms with E-state index < -0.39 is 0 Å². The van der Waals surface area contributed by atoms with E-state index in [2.05, 4.69) is 24.5 Å². The zero-order valence-electron chi connectivity index (χ0n) is 8.98. The summed E-state index contributed by atoms with van der Waals surface area (Å²) in [6, 6.07) is 0.440. The summed E-state index contributed by atoms with van der Waals surface area (Å²) in [6.07, 6.45) is 0. The smallest absolute Gasteiger partial charge is 0.222 e. The Morgan fingerprint density at radius 2 is 2.23 bits per heavy atom. The highest BCUT2D eigenvalue weighted by Crippen LogP contribution is 2.27. The molecule has 76 valence electrons. The van der Waals surface area contributed by atoms with Gasteiger partial charge in [-0.25, -0.2) is 0 Å². The zero-order chi connectivity index (χ0) is 10.1. The second kappa shape index (κ2) is 3.66. The predicted octanol–water partition coefficient (Wildman–Crippen LogP) is 0.757. The molecule has 13 heavy (non-hydrogen) atoms. The minimum Gasteiger partial charge on any atom is -0.354 e. The molecule has 1 atom stereocenters. The highest BCUT2D eigenvalue weighted by atomic mass is 16.1. The van der Waals surface area contributed by atoms with Crippen LogP contribution >= 0.6 is 0 Å². The van der Waals surface area contributed by atoms with Crippen LogP contribution in [0.3, 0.4) is 0 Å². The molecule has 1 aliphatic heterocycles. The second-order valence-electron chi connectivity index (χ2n) is 4.82. The first-order valence-corrected chi connectivity index (χ1v) is 4.94. The number of hydrogen-bond donors (Lipinski definition) is 2. The normalized spacial score (nSPS) is 25.5. The van der Waals surface area contributed by atoms with E-state index in [1.165, 1.54) is 0 Å². The van der Waals surface area contributed by atoms with Crippen LogP contribution in [0.25, 0.3) is 0 Å². The Bertz CT molecular complexity index is 199. The number of nitrogens with one attached hydrogen (secondary N) is 2. The van der Waals surface area contributed by atoms with E-state index in [4.69, 9.17) is 0 Å². The summed E-state index contributed by atoms with van der Waals surface area (Å²) in [6.45, 7) is 10.1. The quantitative estimate of drug-likeness (QED) is 0.680. The Balaban J connectivity index is 2.24. The Morgan fingerprint density at radius 3 is 2.54 bits per heavy atom. The lowest BCUT2D eigenvalue weighted by Crippen LogP contribution is -2.63. The van der Waals surface area contributed by atoms with E-state index in [9.17, 15) is 4.79 Å². The van der Waals surface area contributed by atoms with Gasteiger partial charge in [0.05, 0.1) is 0 Å². The number of carbonyl (C=O) groups is 1. The third-order valence-electron chi connectivity index (χ3n) is 2.75. The number of carbonyl (C=O) groups excluding carboxylic acids is 1. The van der Waals surface area contributed by atoms with Gasteiger partial charge in [-0.3, -0.25) is 4.79 Å². The van der Waals surface area contributed by atoms with Crippen molar-refractivity contribution >= 4 is 5.91 Å². The van der Waals surface area contributed by atoms with E-state index in [1.54, 1.807) is 0 Å². The van der Waals surface area contributed by atoms with E-state index in [-0.39, 0.29) is 11.8 Å². The molecule has 1 saturated heterocycles. The van der Waals surface area contributed by atoms with Gasteiger partial charge in [-0.2, -0.15) is 0 Å². The minimum atomic E-state index is 0.0863. The van der Waals surface area contributed by atoms with Crippen LogP contribution in [0.2, 0.25) is 0 Å². The molecule has 0 bridgehead atoms. The fourth-order valence-electron chi connectivity index (χ4n) is 1.41. The van der Waals surface area contributed by atoms with Crippen LogP contribution in [-0.2, 0) is 4.79 Å². The predicted molar refractivity (Wildman–Crippen MR) is 53.4 cm³/mol. The van der Waals surface area contributed by atoms with Gasteiger partial charge in [-0.15, -0.1) is 0 Å². The number of hydrogen-bond acceptors (Lipinski definition) is 2. The van der Waals surface area contributed by atoms with Crippen molar-refractivity contribution in [3.8, 4) is 0 Å². The van der Waals surface area contributed by atoms with Gasteiger partial charge in [0, 0.05) is 25.0 Å². The molecule has 3 heteroatoms. The molecule has 0 aromatic rings. The van der Waals surface area contributed by atoms with Crippen LogP contribution in [0.5, 0.6) is 0 Å². The lowest BCUT2D eigenvalue weighted by atomic mass is 9.77. The molecule has 2 N–H and O–H groups in total. The van der Waals surface area contributed by atoms with Crippen LogP contribution in [0, 0.1) is 11.3 Å². The van der Waals surface area contributed by atoms with Gasteiger partial charge in [0.25, 0.3) is 0 Å². The van der Waals surface area contributed by atoms with Crippen molar-refractivity contribution in [3.05, 3.63) is 0 Å². The first kappa shape index (κ1) is 10.5. The average molecular weight is 184 g/mol. The van der Waals surface area contributed by atoms with Crippen LogP contribution in [-0.4, -0.2) is 25.0 Å². The third-order valence-corrected chi connectivity index (χ3v) is 2.75. The molecule has 1 unspecified atom stereocenters. The molecule has 0 spiro atoms. The molecular weight excluding hydrogens is 164 g/mol.